The van der Waals surface area contributed by atoms with Crippen LogP contribution in [0.4, 0.5) is 5.69 Å². The molecule has 2 aromatic rings. The lowest BCUT2D eigenvalue weighted by Crippen LogP contribution is -1.89. The highest BCUT2D eigenvalue weighted by molar-refractivity contribution is 5.76. The Morgan fingerprint density at radius 1 is 1.35 bits per heavy atom. The lowest BCUT2D eigenvalue weighted by atomic mass is 10.0. The second-order valence-electron chi connectivity index (χ2n) is 3.68. The van der Waals surface area contributed by atoms with Crippen LogP contribution in [0.25, 0.3) is 11.1 Å². The van der Waals surface area contributed by atoms with Gasteiger partial charge in [0.25, 0.3) is 0 Å². The third kappa shape index (κ3) is 1.91. The van der Waals surface area contributed by atoms with Crippen molar-refractivity contribution >= 4 is 5.69 Å². The predicted molar refractivity (Wildman–Crippen MR) is 63.4 cm³/mol. The Bertz CT molecular complexity index is 541. The Labute approximate surface area is 98.4 Å². The van der Waals surface area contributed by atoms with Crippen molar-refractivity contribution in [3.05, 3.63) is 34.6 Å². The number of nitrogens with zero attached hydrogens (tertiary/aromatic N) is 2. The molecule has 0 saturated carbocycles. The van der Waals surface area contributed by atoms with Crippen molar-refractivity contribution in [1.29, 1.82) is 0 Å². The van der Waals surface area contributed by atoms with Crippen LogP contribution in [0.15, 0.2) is 27.9 Å². The van der Waals surface area contributed by atoms with Gasteiger partial charge in [-0.25, -0.2) is 0 Å². The van der Waals surface area contributed by atoms with Crippen LogP contribution in [-0.4, -0.2) is 12.3 Å². The zero-order valence-corrected chi connectivity index (χ0v) is 9.85. The molecule has 0 radical (unpaired) electrons. The Morgan fingerprint density at radius 3 is 2.65 bits per heavy atom. The number of benzene rings is 1. The number of methoxy groups -OCH3 is 1. The zero-order chi connectivity index (χ0) is 12.4. The Morgan fingerprint density at radius 2 is 2.12 bits per heavy atom. The van der Waals surface area contributed by atoms with Crippen LogP contribution in [0.1, 0.15) is 11.5 Å². The zero-order valence-electron chi connectivity index (χ0n) is 9.85. The fraction of sp³-hybridized carbons (Fsp3) is 0.250. The molecule has 0 aliphatic carbocycles. The first-order valence-electron chi connectivity index (χ1n) is 5.12. The summed E-state index contributed by atoms with van der Waals surface area (Å²) in [5.41, 5.74) is 2.71. The summed E-state index contributed by atoms with van der Waals surface area (Å²) in [6, 6.07) is 4.98. The predicted octanol–water partition coefficient (Wildman–Crippen LogP) is 3.36. The molecular weight excluding hydrogens is 220 g/mol. The molecule has 0 aliphatic rings. The normalized spacial score (nSPS) is 10.3. The van der Waals surface area contributed by atoms with Crippen molar-refractivity contribution in [3.8, 4) is 16.9 Å². The summed E-state index contributed by atoms with van der Waals surface area (Å²) in [6.07, 6.45) is 0. The third-order valence-corrected chi connectivity index (χ3v) is 2.59. The highest BCUT2D eigenvalue weighted by atomic mass is 16.5. The van der Waals surface area contributed by atoms with E-state index in [0.29, 0.717) is 17.2 Å². The monoisotopic (exact) mass is 232 g/mol. The van der Waals surface area contributed by atoms with E-state index in [1.165, 1.54) is 0 Å². The lowest BCUT2D eigenvalue weighted by molar-refractivity contribution is 0.393. The molecule has 5 heteroatoms. The Balaban J connectivity index is 2.68. The summed E-state index contributed by atoms with van der Waals surface area (Å²) < 4.78 is 10.4. The van der Waals surface area contributed by atoms with E-state index in [0.717, 1.165) is 16.8 Å². The molecule has 1 aromatic heterocycles. The van der Waals surface area contributed by atoms with E-state index in [-0.39, 0.29) is 0 Å². The van der Waals surface area contributed by atoms with Gasteiger partial charge in [0.05, 0.1) is 18.4 Å². The van der Waals surface area contributed by atoms with Crippen molar-refractivity contribution in [3.63, 3.8) is 0 Å². The van der Waals surface area contributed by atoms with Crippen molar-refractivity contribution in [2.24, 2.45) is 5.18 Å². The summed E-state index contributed by atoms with van der Waals surface area (Å²) in [7, 11) is 1.57. The standard InChI is InChI=1S/C12H12N2O3/c1-7-12(8(2)17-14-7)10-6-9(13-15)4-5-11(10)16-3/h4-6H,1-3H3. The fourth-order valence-corrected chi connectivity index (χ4v) is 1.82. The van der Waals surface area contributed by atoms with Gasteiger partial charge in [0, 0.05) is 5.56 Å². The van der Waals surface area contributed by atoms with Gasteiger partial charge in [-0.15, -0.1) is 4.91 Å². The van der Waals surface area contributed by atoms with E-state index in [2.05, 4.69) is 10.3 Å². The number of rotatable bonds is 3. The van der Waals surface area contributed by atoms with E-state index in [1.807, 2.05) is 13.8 Å². The van der Waals surface area contributed by atoms with Crippen molar-refractivity contribution in [2.45, 2.75) is 13.8 Å². The summed E-state index contributed by atoms with van der Waals surface area (Å²) in [6.45, 7) is 3.65. The number of hydrogen-bond acceptors (Lipinski definition) is 5. The van der Waals surface area contributed by atoms with Gasteiger partial charge in [-0.1, -0.05) is 5.16 Å². The second kappa shape index (κ2) is 4.37. The number of aryl methyl sites for hydroxylation is 2. The van der Waals surface area contributed by atoms with Crippen LogP contribution in [0.5, 0.6) is 5.75 Å². The lowest BCUT2D eigenvalue weighted by Gasteiger charge is -2.08. The Hall–Kier alpha value is -2.17. The molecule has 0 atom stereocenters. The van der Waals surface area contributed by atoms with Crippen LogP contribution in [0, 0.1) is 18.8 Å². The Kier molecular flexibility index (Phi) is 2.91. The average Bonchev–Trinajstić information content (AvgIpc) is 2.68. The molecule has 5 nitrogen and oxygen atoms in total. The van der Waals surface area contributed by atoms with E-state index >= 15 is 0 Å². The molecule has 0 fully saturated rings. The second-order valence-corrected chi connectivity index (χ2v) is 3.68. The molecule has 17 heavy (non-hydrogen) atoms. The average molecular weight is 232 g/mol. The molecule has 1 aromatic carbocycles. The van der Waals surface area contributed by atoms with Gasteiger partial charge >= 0.3 is 0 Å². The molecule has 0 amide bonds. The summed E-state index contributed by atoms with van der Waals surface area (Å²) in [5.74, 6) is 1.34. The van der Waals surface area contributed by atoms with Crippen LogP contribution >= 0.6 is 0 Å². The van der Waals surface area contributed by atoms with Crippen molar-refractivity contribution in [1.82, 2.24) is 5.16 Å². The van der Waals surface area contributed by atoms with E-state index in [1.54, 1.807) is 25.3 Å². The minimum Gasteiger partial charge on any atom is -0.496 e. The van der Waals surface area contributed by atoms with Gasteiger partial charge in [0.15, 0.2) is 0 Å². The number of nitroso groups, excluding NO2 is 1. The molecule has 2 rings (SSSR count). The first kappa shape index (κ1) is 11.3. The van der Waals surface area contributed by atoms with Gasteiger partial charge in [-0.2, -0.15) is 0 Å². The highest BCUT2D eigenvalue weighted by Crippen LogP contribution is 2.36. The highest BCUT2D eigenvalue weighted by Gasteiger charge is 2.16. The molecule has 0 bridgehead atoms. The van der Waals surface area contributed by atoms with Gasteiger partial charge in [0.1, 0.15) is 17.2 Å². The topological polar surface area (TPSA) is 64.7 Å². The van der Waals surface area contributed by atoms with Gasteiger partial charge in [0.2, 0.25) is 0 Å². The van der Waals surface area contributed by atoms with Crippen molar-refractivity contribution < 1.29 is 9.26 Å². The van der Waals surface area contributed by atoms with Gasteiger partial charge < -0.3 is 9.26 Å². The third-order valence-electron chi connectivity index (χ3n) is 2.59. The first-order valence-corrected chi connectivity index (χ1v) is 5.12. The minimum absolute atomic E-state index is 0.348. The van der Waals surface area contributed by atoms with E-state index < -0.39 is 0 Å². The maximum absolute atomic E-state index is 10.6. The van der Waals surface area contributed by atoms with Gasteiger partial charge in [-0.3, -0.25) is 0 Å². The van der Waals surface area contributed by atoms with Crippen molar-refractivity contribution in [2.75, 3.05) is 7.11 Å². The number of aromatic nitrogens is 1. The maximum atomic E-state index is 10.6. The smallest absolute Gasteiger partial charge is 0.141 e. The molecule has 1 heterocycles. The summed E-state index contributed by atoms with van der Waals surface area (Å²) in [5, 5.41) is 6.80. The molecule has 0 unspecified atom stereocenters. The molecule has 0 N–H and O–H groups in total. The SMILES string of the molecule is COc1ccc(N=O)cc1-c1c(C)noc1C. The first-order chi connectivity index (χ1) is 8.17. The quantitative estimate of drug-likeness (QED) is 0.761. The van der Waals surface area contributed by atoms with Crippen LogP contribution in [0.3, 0.4) is 0 Å². The molecule has 0 aliphatic heterocycles. The van der Waals surface area contributed by atoms with Gasteiger partial charge in [-0.05, 0) is 37.2 Å². The fourth-order valence-electron chi connectivity index (χ4n) is 1.82. The van der Waals surface area contributed by atoms with E-state index in [4.69, 9.17) is 9.26 Å². The van der Waals surface area contributed by atoms with Crippen LogP contribution in [0.2, 0.25) is 0 Å². The van der Waals surface area contributed by atoms with Crippen LogP contribution < -0.4 is 4.74 Å². The molecule has 88 valence electrons. The largest absolute Gasteiger partial charge is 0.496 e. The summed E-state index contributed by atoms with van der Waals surface area (Å²) >= 11 is 0. The molecule has 0 saturated heterocycles. The van der Waals surface area contributed by atoms with E-state index in [9.17, 15) is 4.91 Å². The van der Waals surface area contributed by atoms with Crippen LogP contribution in [-0.2, 0) is 0 Å². The maximum Gasteiger partial charge on any atom is 0.141 e. The summed E-state index contributed by atoms with van der Waals surface area (Å²) in [4.78, 5) is 10.6. The number of hydrogen-bond donors (Lipinski definition) is 0. The molecule has 0 spiro atoms. The number of ether oxygens (including phenoxy) is 1. The molecular formula is C12H12N2O3. The minimum atomic E-state index is 0.348.